The van der Waals surface area contributed by atoms with Crippen LogP contribution in [0.2, 0.25) is 5.02 Å². The predicted octanol–water partition coefficient (Wildman–Crippen LogP) is 3.75. The first-order chi connectivity index (χ1) is 8.63. The van der Waals surface area contributed by atoms with Crippen molar-refractivity contribution >= 4 is 30.9 Å². The van der Waals surface area contributed by atoms with Crippen molar-refractivity contribution in [3.05, 3.63) is 34.9 Å². The molecule has 0 aliphatic carbocycles. The Bertz CT molecular complexity index is 458. The standard InChI is InChI=1S/C11H14Cl2NO3P/c12-5-6-14-18(15)16-7-4-11(17-18)9-2-1-3-10(13)8-9/h1-3,8,11H,4-7H2,(H,14,15)/t11-,18?/m0/s1. The van der Waals surface area contributed by atoms with Gasteiger partial charge in [-0.05, 0) is 17.7 Å². The summed E-state index contributed by atoms with van der Waals surface area (Å²) in [6, 6.07) is 7.33. The Balaban J connectivity index is 2.09. The Labute approximate surface area is 116 Å². The van der Waals surface area contributed by atoms with E-state index in [0.717, 1.165) is 5.56 Å². The average Bonchev–Trinajstić information content (AvgIpc) is 2.37. The van der Waals surface area contributed by atoms with E-state index in [4.69, 9.17) is 32.2 Å². The van der Waals surface area contributed by atoms with Crippen molar-refractivity contribution in [2.45, 2.75) is 12.5 Å². The van der Waals surface area contributed by atoms with Gasteiger partial charge in [-0.15, -0.1) is 11.6 Å². The number of halogens is 2. The second-order valence-corrected chi connectivity index (χ2v) is 6.46. The SMILES string of the molecule is O=P1(NCCCl)OCC[C@@H](c2cccc(Cl)c2)O1. The van der Waals surface area contributed by atoms with E-state index < -0.39 is 7.75 Å². The summed E-state index contributed by atoms with van der Waals surface area (Å²) in [6.07, 6.45) is 0.374. The maximum absolute atomic E-state index is 12.2. The van der Waals surface area contributed by atoms with Gasteiger partial charge in [-0.3, -0.25) is 9.05 Å². The zero-order valence-corrected chi connectivity index (χ0v) is 12.0. The lowest BCUT2D eigenvalue weighted by atomic mass is 10.1. The monoisotopic (exact) mass is 309 g/mol. The molecule has 0 radical (unpaired) electrons. The minimum absolute atomic E-state index is 0.272. The predicted molar refractivity (Wildman–Crippen MR) is 72.2 cm³/mol. The van der Waals surface area contributed by atoms with Crippen LogP contribution in [-0.2, 0) is 13.6 Å². The van der Waals surface area contributed by atoms with E-state index in [0.29, 0.717) is 30.5 Å². The van der Waals surface area contributed by atoms with Gasteiger partial charge in [-0.2, -0.15) is 0 Å². The Morgan fingerprint density at radius 2 is 2.33 bits per heavy atom. The van der Waals surface area contributed by atoms with Gasteiger partial charge in [0.15, 0.2) is 0 Å². The summed E-state index contributed by atoms with van der Waals surface area (Å²) in [5.74, 6) is 0.346. The van der Waals surface area contributed by atoms with Crippen molar-refractivity contribution in [1.82, 2.24) is 5.09 Å². The lowest BCUT2D eigenvalue weighted by molar-refractivity contribution is 0.0761. The molecule has 1 heterocycles. The quantitative estimate of drug-likeness (QED) is 0.679. The van der Waals surface area contributed by atoms with Gasteiger partial charge < -0.3 is 0 Å². The van der Waals surface area contributed by atoms with E-state index in [1.165, 1.54) is 0 Å². The van der Waals surface area contributed by atoms with Crippen molar-refractivity contribution in [1.29, 1.82) is 0 Å². The molecule has 18 heavy (non-hydrogen) atoms. The highest BCUT2D eigenvalue weighted by molar-refractivity contribution is 7.51. The Morgan fingerprint density at radius 3 is 3.06 bits per heavy atom. The summed E-state index contributed by atoms with van der Waals surface area (Å²) < 4.78 is 22.9. The molecule has 1 aliphatic rings. The van der Waals surface area contributed by atoms with Crippen LogP contribution in [-0.4, -0.2) is 19.0 Å². The van der Waals surface area contributed by atoms with E-state index >= 15 is 0 Å². The van der Waals surface area contributed by atoms with Crippen LogP contribution in [0.15, 0.2) is 24.3 Å². The maximum Gasteiger partial charge on any atom is 0.406 e. The van der Waals surface area contributed by atoms with Gasteiger partial charge in [0, 0.05) is 23.9 Å². The highest BCUT2D eigenvalue weighted by Crippen LogP contribution is 2.52. The Hall–Kier alpha value is -0.0900. The summed E-state index contributed by atoms with van der Waals surface area (Å²) in [6.45, 7) is 0.755. The Kier molecular flexibility index (Phi) is 5.07. The first-order valence-corrected chi connectivity index (χ1v) is 8.08. The third kappa shape index (κ3) is 3.70. The zero-order chi connectivity index (χ0) is 13.0. The van der Waals surface area contributed by atoms with E-state index in [2.05, 4.69) is 5.09 Å². The molecule has 100 valence electrons. The first-order valence-electron chi connectivity index (χ1n) is 5.62. The van der Waals surface area contributed by atoms with Crippen molar-refractivity contribution < 1.29 is 13.6 Å². The lowest BCUT2D eigenvalue weighted by Gasteiger charge is -2.30. The third-order valence-electron chi connectivity index (χ3n) is 2.53. The molecule has 1 aromatic rings. The topological polar surface area (TPSA) is 47.6 Å². The van der Waals surface area contributed by atoms with Gasteiger partial charge in [-0.25, -0.2) is 9.65 Å². The van der Waals surface area contributed by atoms with Crippen LogP contribution in [0.5, 0.6) is 0 Å². The minimum Gasteiger partial charge on any atom is -0.297 e. The number of hydrogen-bond acceptors (Lipinski definition) is 3. The van der Waals surface area contributed by atoms with Crippen molar-refractivity contribution in [3.8, 4) is 0 Å². The van der Waals surface area contributed by atoms with Crippen LogP contribution in [0.3, 0.4) is 0 Å². The highest BCUT2D eigenvalue weighted by Gasteiger charge is 2.33. The molecule has 1 N–H and O–H groups in total. The van der Waals surface area contributed by atoms with E-state index in [1.807, 2.05) is 18.2 Å². The van der Waals surface area contributed by atoms with Crippen molar-refractivity contribution in [3.63, 3.8) is 0 Å². The molecule has 2 atom stereocenters. The molecule has 0 saturated carbocycles. The number of alkyl halides is 1. The van der Waals surface area contributed by atoms with Crippen LogP contribution in [0.25, 0.3) is 0 Å². The molecular weight excluding hydrogens is 296 g/mol. The van der Waals surface area contributed by atoms with Gasteiger partial charge in [0.25, 0.3) is 0 Å². The molecule has 0 aromatic heterocycles. The normalized spacial score (nSPS) is 28.2. The summed E-state index contributed by atoms with van der Waals surface area (Å²) in [5, 5.41) is 3.34. The van der Waals surface area contributed by atoms with Gasteiger partial charge in [0.1, 0.15) is 0 Å². The maximum atomic E-state index is 12.2. The number of hydrogen-bond donors (Lipinski definition) is 1. The number of nitrogens with one attached hydrogen (secondary N) is 1. The van der Waals surface area contributed by atoms with Crippen LogP contribution in [0, 0.1) is 0 Å². The summed E-state index contributed by atoms with van der Waals surface area (Å²) in [5.41, 5.74) is 0.902. The molecule has 0 bridgehead atoms. The molecule has 1 aliphatic heterocycles. The fraction of sp³-hybridized carbons (Fsp3) is 0.455. The number of rotatable bonds is 4. The summed E-state index contributed by atoms with van der Waals surface area (Å²) >= 11 is 11.5. The van der Waals surface area contributed by atoms with Gasteiger partial charge in [0.05, 0.1) is 12.7 Å². The lowest BCUT2D eigenvalue weighted by Crippen LogP contribution is -2.23. The molecule has 1 fully saturated rings. The Morgan fingerprint density at radius 1 is 1.50 bits per heavy atom. The molecule has 4 nitrogen and oxygen atoms in total. The summed E-state index contributed by atoms with van der Waals surface area (Å²) in [4.78, 5) is 0. The van der Waals surface area contributed by atoms with Gasteiger partial charge in [0.2, 0.25) is 0 Å². The zero-order valence-electron chi connectivity index (χ0n) is 9.64. The van der Waals surface area contributed by atoms with Crippen LogP contribution >= 0.6 is 30.9 Å². The van der Waals surface area contributed by atoms with Gasteiger partial charge in [-0.1, -0.05) is 23.7 Å². The number of benzene rings is 1. The second kappa shape index (κ2) is 6.38. The molecule has 1 aromatic carbocycles. The minimum atomic E-state index is -3.24. The fourth-order valence-electron chi connectivity index (χ4n) is 1.73. The van der Waals surface area contributed by atoms with Crippen LogP contribution < -0.4 is 5.09 Å². The fourth-order valence-corrected chi connectivity index (χ4v) is 3.67. The molecule has 2 rings (SSSR count). The van der Waals surface area contributed by atoms with Crippen molar-refractivity contribution in [2.75, 3.05) is 19.0 Å². The molecule has 1 unspecified atom stereocenters. The van der Waals surface area contributed by atoms with E-state index in [9.17, 15) is 4.57 Å². The molecule has 0 amide bonds. The van der Waals surface area contributed by atoms with E-state index in [1.54, 1.807) is 6.07 Å². The third-order valence-corrected chi connectivity index (χ3v) is 4.62. The molecule has 0 spiro atoms. The van der Waals surface area contributed by atoms with Crippen LogP contribution in [0.1, 0.15) is 18.1 Å². The molecule has 1 saturated heterocycles. The smallest absolute Gasteiger partial charge is 0.297 e. The molecule has 7 heteroatoms. The largest absolute Gasteiger partial charge is 0.406 e. The highest BCUT2D eigenvalue weighted by atomic mass is 35.5. The second-order valence-electron chi connectivity index (χ2n) is 3.87. The summed E-state index contributed by atoms with van der Waals surface area (Å²) in [7, 11) is -3.24. The first kappa shape index (κ1) is 14.3. The van der Waals surface area contributed by atoms with Crippen molar-refractivity contribution in [2.24, 2.45) is 0 Å². The molecular formula is C11H14Cl2NO3P. The van der Waals surface area contributed by atoms with Crippen LogP contribution in [0.4, 0.5) is 0 Å². The average molecular weight is 310 g/mol. The van der Waals surface area contributed by atoms with Gasteiger partial charge >= 0.3 is 7.75 Å². The van der Waals surface area contributed by atoms with E-state index in [-0.39, 0.29) is 6.10 Å².